The van der Waals surface area contributed by atoms with Crippen molar-refractivity contribution in [3.63, 3.8) is 0 Å². The summed E-state index contributed by atoms with van der Waals surface area (Å²) < 4.78 is 5.03. The van der Waals surface area contributed by atoms with E-state index >= 15 is 0 Å². The third-order valence-corrected chi connectivity index (χ3v) is 2.81. The van der Waals surface area contributed by atoms with Crippen LogP contribution in [0.15, 0.2) is 53.6 Å². The summed E-state index contributed by atoms with van der Waals surface area (Å²) in [4.78, 5) is 23.4. The molecule has 7 nitrogen and oxygen atoms in total. The second kappa shape index (κ2) is 7.60. The Kier molecular flexibility index (Phi) is 5.30. The number of carbonyl (C=O) groups is 2. The van der Waals surface area contributed by atoms with Crippen LogP contribution in [0.25, 0.3) is 0 Å². The van der Waals surface area contributed by atoms with Crippen LogP contribution in [0.4, 0.5) is 5.69 Å². The standard InChI is InChI=1S/C16H15N3O4/c1-23-14-4-2-3-12(9-14)18-15(21)16(22)19-17-10-11-5-7-13(20)8-6-11/h2-10,20H,1H3,(H,18,21)(H,19,22)/b17-10-. The van der Waals surface area contributed by atoms with Crippen LogP contribution in [-0.2, 0) is 9.59 Å². The minimum atomic E-state index is -0.900. The summed E-state index contributed by atoms with van der Waals surface area (Å²) in [6, 6.07) is 12.8. The Hall–Kier alpha value is -3.35. The molecule has 2 amide bonds. The maximum Gasteiger partial charge on any atom is 0.329 e. The lowest BCUT2D eigenvalue weighted by Gasteiger charge is -2.05. The number of ether oxygens (including phenoxy) is 1. The summed E-state index contributed by atoms with van der Waals surface area (Å²) in [5.74, 6) is -1.05. The molecular formula is C16H15N3O4. The number of amides is 2. The molecule has 0 atom stereocenters. The zero-order valence-electron chi connectivity index (χ0n) is 12.3. The molecule has 118 valence electrons. The Bertz CT molecular complexity index is 726. The number of carbonyl (C=O) groups excluding carboxylic acids is 2. The number of nitrogens with zero attached hydrogens (tertiary/aromatic N) is 1. The maximum absolute atomic E-state index is 11.7. The third-order valence-electron chi connectivity index (χ3n) is 2.81. The van der Waals surface area contributed by atoms with Gasteiger partial charge in [-0.3, -0.25) is 9.59 Å². The molecule has 0 aliphatic rings. The van der Waals surface area contributed by atoms with E-state index in [1.807, 2.05) is 0 Å². The quantitative estimate of drug-likeness (QED) is 0.452. The highest BCUT2D eigenvalue weighted by Crippen LogP contribution is 2.16. The second-order valence-electron chi connectivity index (χ2n) is 4.48. The number of hydrazone groups is 1. The normalized spacial score (nSPS) is 10.3. The Morgan fingerprint density at radius 2 is 1.87 bits per heavy atom. The fourth-order valence-electron chi connectivity index (χ4n) is 1.67. The highest BCUT2D eigenvalue weighted by Gasteiger charge is 2.12. The molecule has 0 aliphatic carbocycles. The summed E-state index contributed by atoms with van der Waals surface area (Å²) >= 11 is 0. The van der Waals surface area contributed by atoms with Crippen LogP contribution in [0.2, 0.25) is 0 Å². The van der Waals surface area contributed by atoms with Crippen LogP contribution >= 0.6 is 0 Å². The van der Waals surface area contributed by atoms with Crippen molar-refractivity contribution >= 4 is 23.7 Å². The zero-order valence-corrected chi connectivity index (χ0v) is 12.3. The van der Waals surface area contributed by atoms with Gasteiger partial charge in [0.05, 0.1) is 13.3 Å². The van der Waals surface area contributed by atoms with E-state index in [2.05, 4.69) is 15.8 Å². The van der Waals surface area contributed by atoms with Crippen LogP contribution in [-0.4, -0.2) is 30.2 Å². The lowest BCUT2D eigenvalue weighted by molar-refractivity contribution is -0.136. The summed E-state index contributed by atoms with van der Waals surface area (Å²) in [5, 5.41) is 15.3. The van der Waals surface area contributed by atoms with Gasteiger partial charge in [0.25, 0.3) is 0 Å². The van der Waals surface area contributed by atoms with E-state index < -0.39 is 11.8 Å². The number of methoxy groups -OCH3 is 1. The first-order valence-electron chi connectivity index (χ1n) is 6.66. The number of rotatable bonds is 4. The molecule has 3 N–H and O–H groups in total. The fraction of sp³-hybridized carbons (Fsp3) is 0.0625. The van der Waals surface area contributed by atoms with Gasteiger partial charge in [-0.2, -0.15) is 5.10 Å². The first-order valence-corrected chi connectivity index (χ1v) is 6.66. The van der Waals surface area contributed by atoms with Crippen molar-refractivity contribution in [2.24, 2.45) is 5.10 Å². The van der Waals surface area contributed by atoms with Crippen molar-refractivity contribution in [2.75, 3.05) is 12.4 Å². The summed E-state index contributed by atoms with van der Waals surface area (Å²) in [5.41, 5.74) is 3.22. The van der Waals surface area contributed by atoms with Gasteiger partial charge in [-0.05, 0) is 42.0 Å². The molecule has 7 heteroatoms. The summed E-state index contributed by atoms with van der Waals surface area (Å²) in [6.45, 7) is 0. The first kappa shape index (κ1) is 16.0. The number of phenols is 1. The number of phenolic OH excluding ortho intramolecular Hbond substituents is 1. The minimum absolute atomic E-state index is 0.129. The van der Waals surface area contributed by atoms with Gasteiger partial charge in [0.1, 0.15) is 11.5 Å². The SMILES string of the molecule is COc1cccc(NC(=O)C(=O)N/N=C\c2ccc(O)cc2)c1. The molecule has 0 heterocycles. The van der Waals surface area contributed by atoms with E-state index in [1.165, 1.54) is 25.5 Å². The Morgan fingerprint density at radius 3 is 2.57 bits per heavy atom. The Morgan fingerprint density at radius 1 is 1.13 bits per heavy atom. The molecule has 0 radical (unpaired) electrons. The van der Waals surface area contributed by atoms with E-state index in [0.717, 1.165) is 0 Å². The van der Waals surface area contributed by atoms with E-state index in [1.54, 1.807) is 36.4 Å². The molecule has 2 aromatic rings. The third kappa shape index (κ3) is 4.85. The second-order valence-corrected chi connectivity index (χ2v) is 4.48. The van der Waals surface area contributed by atoms with E-state index in [4.69, 9.17) is 9.84 Å². The molecule has 0 saturated heterocycles. The van der Waals surface area contributed by atoms with Crippen molar-refractivity contribution < 1.29 is 19.4 Å². The lowest BCUT2D eigenvalue weighted by atomic mass is 10.2. The number of nitrogens with one attached hydrogen (secondary N) is 2. The van der Waals surface area contributed by atoms with Crippen LogP contribution < -0.4 is 15.5 Å². The minimum Gasteiger partial charge on any atom is -0.508 e. The molecule has 0 spiro atoms. The number of hydrogen-bond acceptors (Lipinski definition) is 5. The van der Waals surface area contributed by atoms with Crippen LogP contribution in [0.3, 0.4) is 0 Å². The molecule has 0 unspecified atom stereocenters. The van der Waals surface area contributed by atoms with Crippen LogP contribution in [0.5, 0.6) is 11.5 Å². The highest BCUT2D eigenvalue weighted by atomic mass is 16.5. The van der Waals surface area contributed by atoms with Gasteiger partial charge >= 0.3 is 11.8 Å². The average Bonchev–Trinajstić information content (AvgIpc) is 2.56. The monoisotopic (exact) mass is 313 g/mol. The summed E-state index contributed by atoms with van der Waals surface area (Å²) in [6.07, 6.45) is 1.36. The predicted molar refractivity (Wildman–Crippen MR) is 85.5 cm³/mol. The molecule has 2 rings (SSSR count). The van der Waals surface area contributed by atoms with Crippen molar-refractivity contribution in [2.45, 2.75) is 0 Å². The van der Waals surface area contributed by atoms with Gasteiger partial charge in [-0.1, -0.05) is 6.07 Å². The first-order chi connectivity index (χ1) is 11.1. The van der Waals surface area contributed by atoms with Crippen LogP contribution in [0, 0.1) is 0 Å². The van der Waals surface area contributed by atoms with Gasteiger partial charge in [-0.15, -0.1) is 0 Å². The smallest absolute Gasteiger partial charge is 0.329 e. The Balaban J connectivity index is 1.89. The molecule has 0 bridgehead atoms. The number of anilines is 1. The van der Waals surface area contributed by atoms with Crippen molar-refractivity contribution in [3.05, 3.63) is 54.1 Å². The number of aromatic hydroxyl groups is 1. The number of hydrogen-bond donors (Lipinski definition) is 3. The van der Waals surface area contributed by atoms with Crippen molar-refractivity contribution in [3.8, 4) is 11.5 Å². The Labute approximate surface area is 132 Å². The van der Waals surface area contributed by atoms with E-state index in [9.17, 15) is 9.59 Å². The van der Waals surface area contributed by atoms with Crippen molar-refractivity contribution in [1.82, 2.24) is 5.43 Å². The van der Waals surface area contributed by atoms with Gasteiger partial charge in [0, 0.05) is 11.8 Å². The molecule has 2 aromatic carbocycles. The van der Waals surface area contributed by atoms with Gasteiger partial charge < -0.3 is 15.2 Å². The fourth-order valence-corrected chi connectivity index (χ4v) is 1.67. The van der Waals surface area contributed by atoms with Gasteiger partial charge in [-0.25, -0.2) is 5.43 Å². The van der Waals surface area contributed by atoms with Crippen molar-refractivity contribution in [1.29, 1.82) is 0 Å². The number of benzene rings is 2. The maximum atomic E-state index is 11.7. The molecule has 0 aliphatic heterocycles. The van der Waals surface area contributed by atoms with E-state index in [0.29, 0.717) is 17.0 Å². The van der Waals surface area contributed by atoms with Crippen LogP contribution in [0.1, 0.15) is 5.56 Å². The largest absolute Gasteiger partial charge is 0.508 e. The molecule has 0 saturated carbocycles. The molecule has 23 heavy (non-hydrogen) atoms. The van der Waals surface area contributed by atoms with Gasteiger partial charge in [0.15, 0.2) is 0 Å². The zero-order chi connectivity index (χ0) is 16.7. The average molecular weight is 313 g/mol. The molecular weight excluding hydrogens is 298 g/mol. The predicted octanol–water partition coefficient (Wildman–Crippen LogP) is 1.49. The summed E-state index contributed by atoms with van der Waals surface area (Å²) in [7, 11) is 1.51. The van der Waals surface area contributed by atoms with Gasteiger partial charge in [0.2, 0.25) is 0 Å². The lowest BCUT2D eigenvalue weighted by Crippen LogP contribution is -2.32. The molecule has 0 fully saturated rings. The van der Waals surface area contributed by atoms with E-state index in [-0.39, 0.29) is 5.75 Å². The topological polar surface area (TPSA) is 100 Å². The molecule has 0 aromatic heterocycles. The highest BCUT2D eigenvalue weighted by molar-refractivity contribution is 6.39.